The quantitative estimate of drug-likeness (QED) is 0.767. The van der Waals surface area contributed by atoms with Crippen molar-refractivity contribution in [3.8, 4) is 29.1 Å². The van der Waals surface area contributed by atoms with Gasteiger partial charge in [0.2, 0.25) is 5.78 Å². The molecule has 0 unspecified atom stereocenters. The van der Waals surface area contributed by atoms with Gasteiger partial charge in [0, 0.05) is 11.1 Å². The lowest BCUT2D eigenvalue weighted by Crippen LogP contribution is -1.99. The molecule has 1 heterocycles. The summed E-state index contributed by atoms with van der Waals surface area (Å²) in [6, 6.07) is 10.6. The summed E-state index contributed by atoms with van der Waals surface area (Å²) in [4.78, 5) is 12.7. The highest BCUT2D eigenvalue weighted by atomic mass is 16.5. The standard InChI is InChI=1S/C20H17NO5/c1-12-15(25-10-9-21)8-7-14-18(22)17(26-19(12)14)11-13-5-4-6-16(23-2)20(13)24-3/h4-8,11H,10H2,1-3H3/b17-11-. The molecule has 0 aromatic heterocycles. The molecule has 2 aromatic carbocycles. The summed E-state index contributed by atoms with van der Waals surface area (Å²) in [6.45, 7) is 1.71. The molecule has 0 radical (unpaired) electrons. The van der Waals surface area contributed by atoms with Gasteiger partial charge < -0.3 is 18.9 Å². The number of hydrogen-bond acceptors (Lipinski definition) is 6. The van der Waals surface area contributed by atoms with Crippen LogP contribution in [0.5, 0.6) is 23.0 Å². The van der Waals surface area contributed by atoms with E-state index in [9.17, 15) is 4.79 Å². The second kappa shape index (κ2) is 7.19. The molecule has 0 bridgehead atoms. The van der Waals surface area contributed by atoms with Crippen LogP contribution in [0.2, 0.25) is 0 Å². The first-order chi connectivity index (χ1) is 12.6. The second-order valence-corrected chi connectivity index (χ2v) is 5.53. The molecule has 26 heavy (non-hydrogen) atoms. The molecule has 0 fully saturated rings. The van der Waals surface area contributed by atoms with Crippen molar-refractivity contribution in [1.82, 2.24) is 0 Å². The molecule has 0 aliphatic carbocycles. The second-order valence-electron chi connectivity index (χ2n) is 5.53. The predicted molar refractivity (Wildman–Crippen MR) is 94.8 cm³/mol. The number of carbonyl (C=O) groups excluding carboxylic acids is 1. The third kappa shape index (κ3) is 2.95. The van der Waals surface area contributed by atoms with E-state index in [0.717, 1.165) is 0 Å². The fraction of sp³-hybridized carbons (Fsp3) is 0.200. The molecule has 0 saturated carbocycles. The Hall–Kier alpha value is -3.46. The van der Waals surface area contributed by atoms with Crippen molar-refractivity contribution < 1.29 is 23.7 Å². The van der Waals surface area contributed by atoms with E-state index in [1.807, 2.05) is 12.1 Å². The van der Waals surface area contributed by atoms with Gasteiger partial charge in [-0.25, -0.2) is 0 Å². The summed E-state index contributed by atoms with van der Waals surface area (Å²) in [5.41, 5.74) is 1.80. The van der Waals surface area contributed by atoms with Gasteiger partial charge in [0.25, 0.3) is 0 Å². The lowest BCUT2D eigenvalue weighted by molar-refractivity contribution is 0.101. The van der Waals surface area contributed by atoms with Crippen molar-refractivity contribution in [2.24, 2.45) is 0 Å². The summed E-state index contributed by atoms with van der Waals surface area (Å²) < 4.78 is 21.8. The number of rotatable bonds is 5. The first kappa shape index (κ1) is 17.4. The zero-order valence-corrected chi connectivity index (χ0v) is 14.7. The number of para-hydroxylation sites is 1. The van der Waals surface area contributed by atoms with E-state index in [1.54, 1.807) is 44.4 Å². The van der Waals surface area contributed by atoms with Gasteiger partial charge in [0.1, 0.15) is 17.6 Å². The number of fused-ring (bicyclic) bond motifs is 1. The van der Waals surface area contributed by atoms with Crippen LogP contribution in [0, 0.1) is 18.3 Å². The molecule has 0 N–H and O–H groups in total. The Morgan fingerprint density at radius 3 is 2.65 bits per heavy atom. The molecule has 132 valence electrons. The Balaban J connectivity index is 2.00. The fourth-order valence-corrected chi connectivity index (χ4v) is 2.80. The Kier molecular flexibility index (Phi) is 4.81. The van der Waals surface area contributed by atoms with Crippen LogP contribution in [-0.2, 0) is 0 Å². The minimum absolute atomic E-state index is 0.0721. The molecule has 6 nitrogen and oxygen atoms in total. The van der Waals surface area contributed by atoms with Gasteiger partial charge in [0.05, 0.1) is 19.8 Å². The van der Waals surface area contributed by atoms with Crippen LogP contribution < -0.4 is 18.9 Å². The zero-order valence-electron chi connectivity index (χ0n) is 14.7. The molecular formula is C20H17NO5. The Morgan fingerprint density at radius 2 is 1.96 bits per heavy atom. The SMILES string of the molecule is COc1cccc(/C=C2\Oc3c(ccc(OCC#N)c3C)C2=O)c1OC. The Labute approximate surface area is 151 Å². The molecule has 3 rings (SSSR count). The van der Waals surface area contributed by atoms with Crippen molar-refractivity contribution in [1.29, 1.82) is 5.26 Å². The van der Waals surface area contributed by atoms with Gasteiger partial charge >= 0.3 is 0 Å². The third-order valence-corrected chi connectivity index (χ3v) is 4.05. The minimum Gasteiger partial charge on any atom is -0.493 e. The number of nitriles is 1. The van der Waals surface area contributed by atoms with Gasteiger partial charge in [-0.05, 0) is 31.2 Å². The van der Waals surface area contributed by atoms with Crippen molar-refractivity contribution in [2.75, 3.05) is 20.8 Å². The number of benzene rings is 2. The third-order valence-electron chi connectivity index (χ3n) is 4.05. The van der Waals surface area contributed by atoms with Gasteiger partial charge in [0.15, 0.2) is 23.9 Å². The van der Waals surface area contributed by atoms with E-state index in [0.29, 0.717) is 39.7 Å². The number of methoxy groups -OCH3 is 2. The van der Waals surface area contributed by atoms with Crippen molar-refractivity contribution in [2.45, 2.75) is 6.92 Å². The molecule has 6 heteroatoms. The summed E-state index contributed by atoms with van der Waals surface area (Å²) in [5.74, 6) is 2.00. The number of ether oxygens (including phenoxy) is 4. The maximum absolute atomic E-state index is 12.7. The van der Waals surface area contributed by atoms with Crippen molar-refractivity contribution >= 4 is 11.9 Å². The van der Waals surface area contributed by atoms with Crippen LogP contribution >= 0.6 is 0 Å². The van der Waals surface area contributed by atoms with E-state index < -0.39 is 0 Å². The molecule has 0 atom stereocenters. The average molecular weight is 351 g/mol. The number of allylic oxidation sites excluding steroid dienone is 1. The topological polar surface area (TPSA) is 77.8 Å². The molecule has 2 aromatic rings. The van der Waals surface area contributed by atoms with Crippen LogP contribution in [0.1, 0.15) is 21.5 Å². The number of hydrogen-bond donors (Lipinski definition) is 0. The van der Waals surface area contributed by atoms with E-state index in [4.69, 9.17) is 24.2 Å². The van der Waals surface area contributed by atoms with E-state index in [2.05, 4.69) is 0 Å². The minimum atomic E-state index is -0.222. The highest BCUT2D eigenvalue weighted by Gasteiger charge is 2.30. The summed E-state index contributed by atoms with van der Waals surface area (Å²) in [5, 5.41) is 8.66. The molecule has 0 saturated heterocycles. The highest BCUT2D eigenvalue weighted by Crippen LogP contribution is 2.40. The maximum atomic E-state index is 12.7. The Morgan fingerprint density at radius 1 is 1.15 bits per heavy atom. The molecule has 1 aliphatic rings. The van der Waals surface area contributed by atoms with Crippen LogP contribution in [0.15, 0.2) is 36.1 Å². The monoisotopic (exact) mass is 351 g/mol. The number of carbonyl (C=O) groups is 1. The van der Waals surface area contributed by atoms with Crippen LogP contribution in [-0.4, -0.2) is 26.6 Å². The molecule has 0 amide bonds. The first-order valence-electron chi connectivity index (χ1n) is 7.89. The normalized spacial score (nSPS) is 13.8. The number of nitrogens with zero attached hydrogens (tertiary/aromatic N) is 1. The molecule has 0 spiro atoms. The summed E-state index contributed by atoms with van der Waals surface area (Å²) in [7, 11) is 3.09. The van der Waals surface area contributed by atoms with Gasteiger partial charge in [-0.2, -0.15) is 5.26 Å². The zero-order chi connectivity index (χ0) is 18.7. The average Bonchev–Trinajstić information content (AvgIpc) is 2.97. The lowest BCUT2D eigenvalue weighted by atomic mass is 10.1. The van der Waals surface area contributed by atoms with Crippen LogP contribution in [0.25, 0.3) is 6.08 Å². The highest BCUT2D eigenvalue weighted by molar-refractivity contribution is 6.15. The van der Waals surface area contributed by atoms with Gasteiger partial charge in [-0.15, -0.1) is 0 Å². The number of ketones is 1. The molecular weight excluding hydrogens is 334 g/mol. The van der Waals surface area contributed by atoms with Gasteiger partial charge in [-0.3, -0.25) is 4.79 Å². The molecule has 1 aliphatic heterocycles. The lowest BCUT2D eigenvalue weighted by Gasteiger charge is -2.10. The van der Waals surface area contributed by atoms with Gasteiger partial charge in [-0.1, -0.05) is 12.1 Å². The first-order valence-corrected chi connectivity index (χ1v) is 7.89. The van der Waals surface area contributed by atoms with E-state index in [1.165, 1.54) is 7.11 Å². The van der Waals surface area contributed by atoms with Crippen LogP contribution in [0.3, 0.4) is 0 Å². The largest absolute Gasteiger partial charge is 0.493 e. The smallest absolute Gasteiger partial charge is 0.231 e. The summed E-state index contributed by atoms with van der Waals surface area (Å²) >= 11 is 0. The van der Waals surface area contributed by atoms with Crippen molar-refractivity contribution in [3.63, 3.8) is 0 Å². The van der Waals surface area contributed by atoms with Crippen LogP contribution in [0.4, 0.5) is 0 Å². The van der Waals surface area contributed by atoms with E-state index >= 15 is 0 Å². The summed E-state index contributed by atoms with van der Waals surface area (Å²) in [6.07, 6.45) is 1.62. The number of Topliss-reactive ketones (excluding diaryl/α,β-unsaturated/α-hetero) is 1. The fourth-order valence-electron chi connectivity index (χ4n) is 2.80. The van der Waals surface area contributed by atoms with E-state index in [-0.39, 0.29) is 18.1 Å². The predicted octanol–water partition coefficient (Wildman–Crippen LogP) is 3.53. The Bertz CT molecular complexity index is 940. The maximum Gasteiger partial charge on any atom is 0.231 e. The van der Waals surface area contributed by atoms with Crippen molar-refractivity contribution in [3.05, 3.63) is 52.8 Å².